The van der Waals surface area contributed by atoms with Gasteiger partial charge in [0.1, 0.15) is 0 Å². The van der Waals surface area contributed by atoms with E-state index in [1.54, 1.807) is 0 Å². The standard InChI is InChI=1S/C29H22ClN/c1-29(2)25-10-6-5-9-22(25)24-16-27(30)28(17-26(24)29)31-20-14-13-19-12-11-18-7-3-4-8-21(18)23(19)15-20/h3-17,31H,1-2H3. The largest absolute Gasteiger partial charge is 0.354 e. The van der Waals surface area contributed by atoms with Gasteiger partial charge in [0.2, 0.25) is 0 Å². The van der Waals surface area contributed by atoms with Crippen molar-refractivity contribution in [2.45, 2.75) is 19.3 Å². The maximum atomic E-state index is 6.77. The van der Waals surface area contributed by atoms with E-state index in [4.69, 9.17) is 11.6 Å². The van der Waals surface area contributed by atoms with Gasteiger partial charge < -0.3 is 5.32 Å². The molecule has 0 saturated heterocycles. The molecule has 1 aliphatic rings. The summed E-state index contributed by atoms with van der Waals surface area (Å²) in [5.74, 6) is 0. The van der Waals surface area contributed by atoms with Crippen LogP contribution in [-0.4, -0.2) is 0 Å². The first-order chi connectivity index (χ1) is 15.0. The molecule has 31 heavy (non-hydrogen) atoms. The minimum atomic E-state index is -0.0491. The molecular formula is C29H22ClN. The molecule has 0 spiro atoms. The van der Waals surface area contributed by atoms with Crippen LogP contribution in [0, 0.1) is 0 Å². The zero-order chi connectivity index (χ0) is 21.2. The molecule has 0 bridgehead atoms. The van der Waals surface area contributed by atoms with Gasteiger partial charge in [-0.1, -0.05) is 92.2 Å². The fraction of sp³-hybridized carbons (Fsp3) is 0.103. The normalized spacial score (nSPS) is 13.9. The average molecular weight is 420 g/mol. The fourth-order valence-electron chi connectivity index (χ4n) is 5.05. The number of halogens is 1. The zero-order valence-corrected chi connectivity index (χ0v) is 18.3. The van der Waals surface area contributed by atoms with E-state index < -0.39 is 0 Å². The Morgan fingerprint density at radius 3 is 2.23 bits per heavy atom. The summed E-state index contributed by atoms with van der Waals surface area (Å²) in [5.41, 5.74) is 7.13. The molecule has 6 rings (SSSR count). The van der Waals surface area contributed by atoms with Crippen molar-refractivity contribution < 1.29 is 0 Å². The third kappa shape index (κ3) is 2.77. The van der Waals surface area contributed by atoms with E-state index in [1.165, 1.54) is 43.8 Å². The molecule has 150 valence electrons. The van der Waals surface area contributed by atoms with Gasteiger partial charge in [0, 0.05) is 11.1 Å². The molecule has 0 amide bonds. The van der Waals surface area contributed by atoms with E-state index >= 15 is 0 Å². The van der Waals surface area contributed by atoms with Gasteiger partial charge in [-0.05, 0) is 68.1 Å². The summed E-state index contributed by atoms with van der Waals surface area (Å²) in [4.78, 5) is 0. The molecule has 1 aliphatic carbocycles. The number of fused-ring (bicyclic) bond motifs is 6. The van der Waals surface area contributed by atoms with Crippen LogP contribution < -0.4 is 5.32 Å². The first-order valence-electron chi connectivity index (χ1n) is 10.6. The number of nitrogens with one attached hydrogen (secondary N) is 1. The third-order valence-corrected chi connectivity index (χ3v) is 7.01. The van der Waals surface area contributed by atoms with Gasteiger partial charge in [0.15, 0.2) is 0 Å². The van der Waals surface area contributed by atoms with E-state index in [-0.39, 0.29) is 5.41 Å². The summed E-state index contributed by atoms with van der Waals surface area (Å²) in [6, 6.07) is 32.4. The lowest BCUT2D eigenvalue weighted by molar-refractivity contribution is 0.660. The second-order valence-corrected chi connectivity index (χ2v) is 9.30. The molecule has 1 nitrogen and oxygen atoms in total. The average Bonchev–Trinajstić information content (AvgIpc) is 3.00. The van der Waals surface area contributed by atoms with Crippen LogP contribution in [-0.2, 0) is 5.41 Å². The number of rotatable bonds is 2. The molecule has 5 aromatic carbocycles. The van der Waals surface area contributed by atoms with Crippen molar-refractivity contribution >= 4 is 44.5 Å². The van der Waals surface area contributed by atoms with Gasteiger partial charge in [-0.25, -0.2) is 0 Å². The summed E-state index contributed by atoms with van der Waals surface area (Å²) in [6.07, 6.45) is 0. The summed E-state index contributed by atoms with van der Waals surface area (Å²) in [5, 5.41) is 9.33. The Balaban J connectivity index is 1.46. The predicted molar refractivity (Wildman–Crippen MR) is 134 cm³/mol. The molecule has 0 radical (unpaired) electrons. The Kier molecular flexibility index (Phi) is 3.94. The zero-order valence-electron chi connectivity index (χ0n) is 17.5. The second kappa shape index (κ2) is 6.60. The van der Waals surface area contributed by atoms with E-state index in [0.717, 1.165) is 16.4 Å². The number of benzene rings is 5. The van der Waals surface area contributed by atoms with Crippen LogP contribution in [0.25, 0.3) is 32.7 Å². The predicted octanol–water partition coefficient (Wildman–Crippen LogP) is 8.70. The minimum Gasteiger partial charge on any atom is -0.354 e. The van der Waals surface area contributed by atoms with Crippen molar-refractivity contribution in [2.75, 3.05) is 5.32 Å². The highest BCUT2D eigenvalue weighted by Crippen LogP contribution is 2.50. The molecule has 2 heteroatoms. The topological polar surface area (TPSA) is 12.0 Å². The van der Waals surface area contributed by atoms with Crippen LogP contribution in [0.1, 0.15) is 25.0 Å². The molecule has 0 atom stereocenters. The lowest BCUT2D eigenvalue weighted by Gasteiger charge is -2.22. The van der Waals surface area contributed by atoms with Crippen LogP contribution in [0.2, 0.25) is 5.02 Å². The Morgan fingerprint density at radius 1 is 0.645 bits per heavy atom. The van der Waals surface area contributed by atoms with Gasteiger partial charge in [0.05, 0.1) is 10.7 Å². The van der Waals surface area contributed by atoms with Crippen LogP contribution in [0.15, 0.2) is 91.0 Å². The van der Waals surface area contributed by atoms with E-state index in [0.29, 0.717) is 0 Å². The number of hydrogen-bond donors (Lipinski definition) is 1. The van der Waals surface area contributed by atoms with Crippen LogP contribution in [0.5, 0.6) is 0 Å². The Bertz CT molecular complexity index is 1500. The Hall–Kier alpha value is -3.29. The van der Waals surface area contributed by atoms with E-state index in [2.05, 4.69) is 110 Å². The minimum absolute atomic E-state index is 0.0491. The van der Waals surface area contributed by atoms with Crippen molar-refractivity contribution in [1.82, 2.24) is 0 Å². The maximum absolute atomic E-state index is 6.77. The first-order valence-corrected chi connectivity index (χ1v) is 11.0. The number of anilines is 2. The van der Waals surface area contributed by atoms with Crippen molar-refractivity contribution in [2.24, 2.45) is 0 Å². The van der Waals surface area contributed by atoms with E-state index in [1.807, 2.05) is 0 Å². The smallest absolute Gasteiger partial charge is 0.0647 e. The lowest BCUT2D eigenvalue weighted by atomic mass is 9.82. The summed E-state index contributed by atoms with van der Waals surface area (Å²) >= 11 is 6.77. The van der Waals surface area contributed by atoms with Crippen molar-refractivity contribution in [1.29, 1.82) is 0 Å². The molecule has 0 heterocycles. The molecule has 0 fully saturated rings. The number of hydrogen-bond acceptors (Lipinski definition) is 1. The fourth-order valence-corrected chi connectivity index (χ4v) is 5.26. The van der Waals surface area contributed by atoms with Crippen molar-refractivity contribution in [3.8, 4) is 11.1 Å². The molecule has 0 unspecified atom stereocenters. The van der Waals surface area contributed by atoms with Gasteiger partial charge in [-0.2, -0.15) is 0 Å². The van der Waals surface area contributed by atoms with E-state index in [9.17, 15) is 0 Å². The van der Waals surface area contributed by atoms with Crippen molar-refractivity contribution in [3.63, 3.8) is 0 Å². The second-order valence-electron chi connectivity index (χ2n) is 8.90. The monoisotopic (exact) mass is 419 g/mol. The summed E-state index contributed by atoms with van der Waals surface area (Å²) in [7, 11) is 0. The first kappa shape index (κ1) is 18.5. The molecule has 5 aromatic rings. The van der Waals surface area contributed by atoms with Crippen LogP contribution in [0.4, 0.5) is 11.4 Å². The SMILES string of the molecule is CC1(C)c2ccccc2-c2cc(Cl)c(Nc3ccc4ccc5ccccc5c4c3)cc21. The van der Waals surface area contributed by atoms with Crippen LogP contribution in [0.3, 0.4) is 0 Å². The lowest BCUT2D eigenvalue weighted by Crippen LogP contribution is -2.15. The third-order valence-electron chi connectivity index (χ3n) is 6.70. The molecular weight excluding hydrogens is 398 g/mol. The van der Waals surface area contributed by atoms with Crippen LogP contribution >= 0.6 is 11.6 Å². The highest BCUT2D eigenvalue weighted by Gasteiger charge is 2.35. The molecule has 0 aliphatic heterocycles. The highest BCUT2D eigenvalue weighted by molar-refractivity contribution is 6.33. The summed E-state index contributed by atoms with van der Waals surface area (Å²) in [6.45, 7) is 4.58. The Morgan fingerprint density at radius 2 is 1.35 bits per heavy atom. The Labute approximate surface area is 187 Å². The maximum Gasteiger partial charge on any atom is 0.0647 e. The van der Waals surface area contributed by atoms with Gasteiger partial charge in [-0.15, -0.1) is 0 Å². The van der Waals surface area contributed by atoms with Crippen molar-refractivity contribution in [3.05, 3.63) is 107 Å². The molecule has 0 saturated carbocycles. The highest BCUT2D eigenvalue weighted by atomic mass is 35.5. The quantitative estimate of drug-likeness (QED) is 0.282. The van der Waals surface area contributed by atoms with Gasteiger partial charge in [-0.3, -0.25) is 0 Å². The summed E-state index contributed by atoms with van der Waals surface area (Å²) < 4.78 is 0. The van der Waals surface area contributed by atoms with Gasteiger partial charge in [0.25, 0.3) is 0 Å². The van der Waals surface area contributed by atoms with Gasteiger partial charge >= 0.3 is 0 Å². The molecule has 1 N–H and O–H groups in total. The molecule has 0 aromatic heterocycles.